The van der Waals surface area contributed by atoms with Crippen molar-refractivity contribution in [2.45, 2.75) is 57.4 Å². The van der Waals surface area contributed by atoms with Crippen LogP contribution < -0.4 is 0 Å². The van der Waals surface area contributed by atoms with Crippen molar-refractivity contribution in [3.63, 3.8) is 0 Å². The molecule has 4 saturated carbocycles. The van der Waals surface area contributed by atoms with Gasteiger partial charge in [0.2, 0.25) is 0 Å². The fraction of sp³-hybridized carbons (Fsp3) is 0.667. The lowest BCUT2D eigenvalue weighted by molar-refractivity contribution is -0.153. The molecule has 0 aromatic carbocycles. The third-order valence-electron chi connectivity index (χ3n) is 6.64. The molecule has 5 rings (SSSR count). The van der Waals surface area contributed by atoms with Gasteiger partial charge in [-0.25, -0.2) is 9.78 Å². The highest BCUT2D eigenvalue weighted by atomic mass is 16.5. The predicted molar refractivity (Wildman–Crippen MR) is 99.9 cm³/mol. The van der Waals surface area contributed by atoms with E-state index in [-0.39, 0.29) is 23.7 Å². The first-order valence-electron chi connectivity index (χ1n) is 10.1. The summed E-state index contributed by atoms with van der Waals surface area (Å²) in [4.78, 5) is 35.2. The van der Waals surface area contributed by atoms with Crippen molar-refractivity contribution in [3.8, 4) is 6.07 Å². The molecule has 148 valence electrons. The van der Waals surface area contributed by atoms with Crippen LogP contribution in [0.2, 0.25) is 0 Å². The maximum absolute atomic E-state index is 13.1. The Morgan fingerprint density at radius 3 is 2.36 bits per heavy atom. The van der Waals surface area contributed by atoms with Gasteiger partial charge in [-0.2, -0.15) is 5.26 Å². The fourth-order valence-corrected chi connectivity index (χ4v) is 5.96. The highest BCUT2D eigenvalue weighted by Gasteiger charge is 2.54. The molecule has 0 atom stereocenters. The van der Waals surface area contributed by atoms with E-state index in [0.717, 1.165) is 19.3 Å². The Morgan fingerprint density at radius 2 is 1.82 bits per heavy atom. The number of aromatic nitrogens is 2. The first-order chi connectivity index (χ1) is 13.5. The van der Waals surface area contributed by atoms with Crippen molar-refractivity contribution in [1.82, 2.24) is 14.9 Å². The van der Waals surface area contributed by atoms with Crippen molar-refractivity contribution in [2.75, 3.05) is 13.2 Å². The Kier molecular flexibility index (Phi) is 5.05. The lowest BCUT2D eigenvalue weighted by atomic mass is 9.52. The molecule has 0 aliphatic heterocycles. The molecule has 1 aromatic rings. The van der Waals surface area contributed by atoms with Gasteiger partial charge in [0, 0.05) is 18.3 Å². The molecule has 0 N–H and O–H groups in total. The summed E-state index contributed by atoms with van der Waals surface area (Å²) in [5.41, 5.74) is 0.646. The van der Waals surface area contributed by atoms with E-state index in [0.29, 0.717) is 36.4 Å². The number of carbonyl (C=O) groups excluding carboxylic acids is 2. The number of rotatable bonds is 6. The minimum Gasteiger partial charge on any atom is -0.451 e. The van der Waals surface area contributed by atoms with E-state index < -0.39 is 5.97 Å². The molecule has 4 bridgehead atoms. The summed E-state index contributed by atoms with van der Waals surface area (Å²) in [6.45, 7) is 1.87. The van der Waals surface area contributed by atoms with Gasteiger partial charge in [0.05, 0.1) is 24.4 Å². The molecule has 28 heavy (non-hydrogen) atoms. The van der Waals surface area contributed by atoms with Crippen molar-refractivity contribution >= 4 is 11.9 Å². The number of hydrogen-bond acceptors (Lipinski definition) is 6. The van der Waals surface area contributed by atoms with Gasteiger partial charge < -0.3 is 9.64 Å². The van der Waals surface area contributed by atoms with Crippen LogP contribution in [0.1, 0.15) is 61.1 Å². The molecule has 7 nitrogen and oxygen atoms in total. The van der Waals surface area contributed by atoms with Crippen LogP contribution in [0.25, 0.3) is 0 Å². The van der Waals surface area contributed by atoms with Gasteiger partial charge in [-0.3, -0.25) is 9.78 Å². The minimum absolute atomic E-state index is 0.0942. The Hall–Kier alpha value is -2.49. The largest absolute Gasteiger partial charge is 0.451 e. The lowest BCUT2D eigenvalue weighted by Gasteiger charge is -2.60. The Bertz CT molecular complexity index is 764. The summed E-state index contributed by atoms with van der Waals surface area (Å²) in [7, 11) is 0. The normalized spacial score (nSPS) is 29.9. The zero-order valence-electron chi connectivity index (χ0n) is 16.3. The van der Waals surface area contributed by atoms with Gasteiger partial charge in [-0.15, -0.1) is 0 Å². The van der Waals surface area contributed by atoms with Gasteiger partial charge in [-0.05, 0) is 63.2 Å². The van der Waals surface area contributed by atoms with Crippen molar-refractivity contribution < 1.29 is 14.3 Å². The van der Waals surface area contributed by atoms with Crippen molar-refractivity contribution in [1.29, 1.82) is 5.26 Å². The zero-order chi connectivity index (χ0) is 19.7. The summed E-state index contributed by atoms with van der Waals surface area (Å²) in [6, 6.07) is 2.16. The highest BCUT2D eigenvalue weighted by Crippen LogP contribution is 2.57. The molecule has 0 saturated heterocycles. The fourth-order valence-electron chi connectivity index (χ4n) is 5.96. The van der Waals surface area contributed by atoms with E-state index >= 15 is 0 Å². The summed E-state index contributed by atoms with van der Waals surface area (Å²) in [5, 5.41) is 9.08. The third-order valence-corrected chi connectivity index (χ3v) is 6.64. The smallest absolute Gasteiger partial charge is 0.359 e. The third kappa shape index (κ3) is 3.60. The van der Waals surface area contributed by atoms with E-state index in [9.17, 15) is 9.59 Å². The molecule has 4 aliphatic rings. The molecular weight excluding hydrogens is 356 g/mol. The van der Waals surface area contributed by atoms with E-state index in [1.165, 1.54) is 31.7 Å². The molecule has 4 aliphatic carbocycles. The highest BCUT2D eigenvalue weighted by molar-refractivity contribution is 5.89. The maximum atomic E-state index is 13.1. The van der Waals surface area contributed by atoms with Crippen LogP contribution in [0.5, 0.6) is 0 Å². The summed E-state index contributed by atoms with van der Waals surface area (Å²) < 4.78 is 5.24. The van der Waals surface area contributed by atoms with Gasteiger partial charge >= 0.3 is 5.97 Å². The van der Waals surface area contributed by atoms with Crippen LogP contribution in [0, 0.1) is 36.0 Å². The van der Waals surface area contributed by atoms with Crippen LogP contribution in [0.3, 0.4) is 0 Å². The first-order valence-corrected chi connectivity index (χ1v) is 10.1. The SMILES string of the molecule is Cc1cnc(C(=O)OCC(=O)N(CCC#N)C23CC4CC(CC(C4)C2)C3)cn1. The lowest BCUT2D eigenvalue weighted by Crippen LogP contribution is -2.62. The van der Waals surface area contributed by atoms with E-state index in [1.54, 1.807) is 6.92 Å². The second-order valence-electron chi connectivity index (χ2n) is 8.71. The molecular formula is C21H26N4O3. The van der Waals surface area contributed by atoms with Crippen molar-refractivity contribution in [3.05, 3.63) is 23.8 Å². The average molecular weight is 382 g/mol. The van der Waals surface area contributed by atoms with Gasteiger partial charge in [0.25, 0.3) is 5.91 Å². The monoisotopic (exact) mass is 382 g/mol. The summed E-state index contributed by atoms with van der Waals surface area (Å²) >= 11 is 0. The van der Waals surface area contributed by atoms with E-state index in [4.69, 9.17) is 10.00 Å². The number of aryl methyl sites for hydroxylation is 1. The first kappa shape index (κ1) is 18.9. The Balaban J connectivity index is 1.45. The van der Waals surface area contributed by atoms with Crippen LogP contribution in [0.15, 0.2) is 12.4 Å². The Morgan fingerprint density at radius 1 is 1.18 bits per heavy atom. The zero-order valence-corrected chi connectivity index (χ0v) is 16.3. The van der Waals surface area contributed by atoms with Gasteiger partial charge in [-0.1, -0.05) is 0 Å². The minimum atomic E-state index is -0.647. The molecule has 0 spiro atoms. The van der Waals surface area contributed by atoms with Crippen LogP contribution in [-0.4, -0.2) is 45.4 Å². The number of amides is 1. The number of nitrogens with zero attached hydrogens (tertiary/aromatic N) is 4. The molecule has 1 amide bonds. The topological polar surface area (TPSA) is 96.2 Å². The Labute approximate surface area is 165 Å². The number of hydrogen-bond donors (Lipinski definition) is 0. The number of nitriles is 1. The standard InChI is InChI=1S/C21H26N4O3/c1-14-11-24-18(12-23-14)20(27)28-13-19(26)25(4-2-3-22)21-8-15-5-16(9-21)7-17(6-15)10-21/h11-12,15-17H,2,4-10,13H2,1H3. The van der Waals surface area contributed by atoms with Crippen LogP contribution in [-0.2, 0) is 9.53 Å². The maximum Gasteiger partial charge on any atom is 0.359 e. The quantitative estimate of drug-likeness (QED) is 0.702. The molecule has 1 aromatic heterocycles. The molecule has 4 fully saturated rings. The van der Waals surface area contributed by atoms with Crippen molar-refractivity contribution in [2.24, 2.45) is 17.8 Å². The number of carbonyl (C=O) groups is 2. The number of esters is 1. The molecule has 7 heteroatoms. The summed E-state index contributed by atoms with van der Waals surface area (Å²) in [5.74, 6) is 1.22. The second-order valence-corrected chi connectivity index (χ2v) is 8.71. The number of ether oxygens (including phenoxy) is 1. The predicted octanol–water partition coefficient (Wildman–Crippen LogP) is 2.65. The van der Waals surface area contributed by atoms with Crippen LogP contribution >= 0.6 is 0 Å². The molecule has 1 heterocycles. The average Bonchev–Trinajstić information content (AvgIpc) is 2.65. The van der Waals surface area contributed by atoms with Gasteiger partial charge in [0.15, 0.2) is 12.3 Å². The van der Waals surface area contributed by atoms with Gasteiger partial charge in [0.1, 0.15) is 0 Å². The molecule has 0 unspecified atom stereocenters. The second kappa shape index (κ2) is 7.50. The summed E-state index contributed by atoms with van der Waals surface area (Å²) in [6.07, 6.45) is 10.0. The van der Waals surface area contributed by atoms with Crippen LogP contribution in [0.4, 0.5) is 0 Å². The van der Waals surface area contributed by atoms with E-state index in [1.807, 2.05) is 4.90 Å². The molecule has 0 radical (unpaired) electrons. The van der Waals surface area contributed by atoms with E-state index in [2.05, 4.69) is 16.0 Å².